The summed E-state index contributed by atoms with van der Waals surface area (Å²) >= 11 is 1.61. The molecule has 20 heavy (non-hydrogen) atoms. The predicted octanol–water partition coefficient (Wildman–Crippen LogP) is 2.46. The Labute approximate surface area is 130 Å². The first-order valence-corrected chi connectivity index (χ1v) is 7.32. The first-order chi connectivity index (χ1) is 8.93. The van der Waals surface area contributed by atoms with Crippen molar-refractivity contribution in [2.24, 2.45) is 11.7 Å². The third-order valence-electron chi connectivity index (χ3n) is 2.97. The second kappa shape index (κ2) is 9.10. The summed E-state index contributed by atoms with van der Waals surface area (Å²) in [5.74, 6) is 0.226. The van der Waals surface area contributed by atoms with Crippen LogP contribution in [0.4, 0.5) is 0 Å². The molecular weight excluding hydrogens is 296 g/mol. The Morgan fingerprint density at radius 1 is 1.35 bits per heavy atom. The molecule has 0 bridgehead atoms. The molecule has 1 atom stereocenters. The van der Waals surface area contributed by atoms with E-state index in [-0.39, 0.29) is 42.9 Å². The molecule has 114 valence electrons. The van der Waals surface area contributed by atoms with Gasteiger partial charge in [-0.15, -0.1) is 23.7 Å². The Morgan fingerprint density at radius 3 is 2.50 bits per heavy atom. The Kier molecular flexibility index (Phi) is 8.69. The lowest BCUT2D eigenvalue weighted by Crippen LogP contribution is -2.31. The molecule has 0 saturated heterocycles. The van der Waals surface area contributed by atoms with E-state index >= 15 is 0 Å². The number of carbonyl (C=O) groups is 2. The lowest BCUT2D eigenvalue weighted by Gasteiger charge is -2.09. The molecule has 0 aliphatic carbocycles. The number of aryl methyl sites for hydroxylation is 2. The second-order valence-corrected chi connectivity index (χ2v) is 6.36. The average molecular weight is 319 g/mol. The van der Waals surface area contributed by atoms with E-state index in [4.69, 9.17) is 5.73 Å². The number of nitrogens with one attached hydrogen (secondary N) is 1. The van der Waals surface area contributed by atoms with Gasteiger partial charge in [0.25, 0.3) is 0 Å². The number of rotatable bonds is 7. The van der Waals surface area contributed by atoms with Gasteiger partial charge < -0.3 is 11.1 Å². The van der Waals surface area contributed by atoms with Crippen molar-refractivity contribution in [3.8, 4) is 0 Å². The van der Waals surface area contributed by atoms with Gasteiger partial charge in [0.2, 0.25) is 5.91 Å². The highest BCUT2D eigenvalue weighted by Crippen LogP contribution is 2.22. The Morgan fingerprint density at radius 2 is 2.00 bits per heavy atom. The summed E-state index contributed by atoms with van der Waals surface area (Å²) in [6.45, 7) is 7.01. The van der Waals surface area contributed by atoms with Crippen LogP contribution in [-0.2, 0) is 4.79 Å². The maximum absolute atomic E-state index is 12.0. The summed E-state index contributed by atoms with van der Waals surface area (Å²) in [4.78, 5) is 25.7. The van der Waals surface area contributed by atoms with E-state index in [1.807, 2.05) is 26.8 Å². The Balaban J connectivity index is 0.00000361. The Bertz CT molecular complexity index is 460. The number of ketones is 1. The molecule has 0 aromatic carbocycles. The monoisotopic (exact) mass is 318 g/mol. The van der Waals surface area contributed by atoms with Crippen molar-refractivity contribution in [3.63, 3.8) is 0 Å². The number of thiophene rings is 1. The molecule has 0 spiro atoms. The van der Waals surface area contributed by atoms with Crippen LogP contribution in [0.3, 0.4) is 0 Å². The van der Waals surface area contributed by atoms with Crippen LogP contribution in [-0.4, -0.2) is 24.8 Å². The quantitative estimate of drug-likeness (QED) is 0.759. The molecule has 1 rings (SSSR count). The number of carbonyl (C=O) groups excluding carboxylic acids is 2. The zero-order valence-electron chi connectivity index (χ0n) is 12.2. The summed E-state index contributed by atoms with van der Waals surface area (Å²) in [6.07, 6.45) is 0.504. The number of halogens is 1. The van der Waals surface area contributed by atoms with Crippen LogP contribution in [0.1, 0.15) is 39.9 Å². The van der Waals surface area contributed by atoms with Crippen molar-refractivity contribution in [2.75, 3.05) is 13.1 Å². The molecule has 1 aromatic rings. The molecule has 0 aliphatic heterocycles. The lowest BCUT2D eigenvalue weighted by atomic mass is 10.1. The first-order valence-electron chi connectivity index (χ1n) is 6.51. The molecule has 1 amide bonds. The molecule has 3 N–H and O–H groups in total. The normalized spacial score (nSPS) is 11.6. The highest BCUT2D eigenvalue weighted by Gasteiger charge is 2.13. The van der Waals surface area contributed by atoms with E-state index in [0.29, 0.717) is 13.1 Å². The van der Waals surface area contributed by atoms with Gasteiger partial charge in [0, 0.05) is 34.7 Å². The van der Waals surface area contributed by atoms with Crippen LogP contribution in [0.5, 0.6) is 0 Å². The molecule has 1 heterocycles. The molecule has 0 aliphatic rings. The van der Waals surface area contributed by atoms with Crippen molar-refractivity contribution in [1.82, 2.24) is 5.32 Å². The first kappa shape index (κ1) is 19.1. The molecule has 0 fully saturated rings. The second-order valence-electron chi connectivity index (χ2n) is 4.90. The van der Waals surface area contributed by atoms with Gasteiger partial charge in [0.05, 0.1) is 0 Å². The van der Waals surface area contributed by atoms with Crippen LogP contribution in [0.15, 0.2) is 6.07 Å². The number of amides is 1. The zero-order valence-corrected chi connectivity index (χ0v) is 13.8. The third-order valence-corrected chi connectivity index (χ3v) is 3.94. The van der Waals surface area contributed by atoms with Crippen LogP contribution >= 0.6 is 23.7 Å². The molecule has 1 aromatic heterocycles. The van der Waals surface area contributed by atoms with Crippen molar-refractivity contribution < 1.29 is 9.59 Å². The van der Waals surface area contributed by atoms with Crippen molar-refractivity contribution in [1.29, 1.82) is 0 Å². The maximum atomic E-state index is 12.0. The van der Waals surface area contributed by atoms with E-state index in [2.05, 4.69) is 5.32 Å². The largest absolute Gasteiger partial charge is 0.356 e. The molecule has 4 nitrogen and oxygen atoms in total. The smallest absolute Gasteiger partial charge is 0.220 e. The SMILES string of the molecule is Cc1cc(C(=O)CCC(=O)NCC(C)CN)c(C)s1.Cl. The summed E-state index contributed by atoms with van der Waals surface area (Å²) in [5, 5.41) is 2.79. The minimum absolute atomic E-state index is 0. The maximum Gasteiger partial charge on any atom is 0.220 e. The van der Waals surface area contributed by atoms with Gasteiger partial charge in [-0.3, -0.25) is 9.59 Å². The van der Waals surface area contributed by atoms with Gasteiger partial charge in [0.1, 0.15) is 0 Å². The molecule has 6 heteroatoms. The summed E-state index contributed by atoms with van der Waals surface area (Å²) in [7, 11) is 0. The fourth-order valence-electron chi connectivity index (χ4n) is 1.73. The fourth-order valence-corrected chi connectivity index (χ4v) is 2.67. The fraction of sp³-hybridized carbons (Fsp3) is 0.571. The van der Waals surface area contributed by atoms with Gasteiger partial charge in [-0.2, -0.15) is 0 Å². The average Bonchev–Trinajstić information content (AvgIpc) is 2.72. The van der Waals surface area contributed by atoms with Gasteiger partial charge >= 0.3 is 0 Å². The highest BCUT2D eigenvalue weighted by atomic mass is 35.5. The van der Waals surface area contributed by atoms with Crippen molar-refractivity contribution in [2.45, 2.75) is 33.6 Å². The van der Waals surface area contributed by atoms with E-state index in [1.54, 1.807) is 11.3 Å². The van der Waals surface area contributed by atoms with Crippen molar-refractivity contribution in [3.05, 3.63) is 21.4 Å². The number of hydrogen-bond acceptors (Lipinski definition) is 4. The number of nitrogens with two attached hydrogens (primary N) is 1. The molecule has 1 unspecified atom stereocenters. The number of Topliss-reactive ketones (excluding diaryl/α,β-unsaturated/α-hetero) is 1. The van der Waals surface area contributed by atoms with Crippen LogP contribution in [0.2, 0.25) is 0 Å². The number of hydrogen-bond donors (Lipinski definition) is 2. The summed E-state index contributed by atoms with van der Waals surface area (Å²) < 4.78 is 0. The molecular formula is C14H23ClN2O2S. The summed E-state index contributed by atoms with van der Waals surface area (Å²) in [5.41, 5.74) is 6.23. The zero-order chi connectivity index (χ0) is 14.4. The standard InChI is InChI=1S/C14H22N2O2S.ClH/c1-9(7-15)8-16-14(18)5-4-13(17)12-6-10(2)19-11(12)3;/h6,9H,4-5,7-8,15H2,1-3H3,(H,16,18);1H. The lowest BCUT2D eigenvalue weighted by molar-refractivity contribution is -0.121. The van der Waals surface area contributed by atoms with Crippen LogP contribution in [0, 0.1) is 19.8 Å². The Hall–Kier alpha value is -0.910. The van der Waals surface area contributed by atoms with Crippen LogP contribution in [0.25, 0.3) is 0 Å². The minimum atomic E-state index is -0.0849. The third kappa shape index (κ3) is 6.03. The van der Waals surface area contributed by atoms with E-state index in [9.17, 15) is 9.59 Å². The molecule has 0 radical (unpaired) electrons. The van der Waals surface area contributed by atoms with E-state index < -0.39 is 0 Å². The molecule has 0 saturated carbocycles. The van der Waals surface area contributed by atoms with E-state index in [1.165, 1.54) is 0 Å². The predicted molar refractivity (Wildman–Crippen MR) is 85.8 cm³/mol. The van der Waals surface area contributed by atoms with E-state index in [0.717, 1.165) is 15.3 Å². The summed E-state index contributed by atoms with van der Waals surface area (Å²) in [6, 6.07) is 1.90. The van der Waals surface area contributed by atoms with Gasteiger partial charge in [-0.05, 0) is 32.4 Å². The van der Waals surface area contributed by atoms with Crippen molar-refractivity contribution >= 4 is 35.4 Å². The highest BCUT2D eigenvalue weighted by molar-refractivity contribution is 7.12. The van der Waals surface area contributed by atoms with Crippen LogP contribution < -0.4 is 11.1 Å². The van der Waals surface area contributed by atoms with Gasteiger partial charge in [-0.1, -0.05) is 6.92 Å². The van der Waals surface area contributed by atoms with Gasteiger partial charge in [-0.25, -0.2) is 0 Å². The van der Waals surface area contributed by atoms with Gasteiger partial charge in [0.15, 0.2) is 5.78 Å². The minimum Gasteiger partial charge on any atom is -0.356 e. The topological polar surface area (TPSA) is 72.2 Å².